The second-order valence-corrected chi connectivity index (χ2v) is 5.01. The van der Waals surface area contributed by atoms with Gasteiger partial charge in [-0.05, 0) is 50.1 Å². The zero-order valence-electron chi connectivity index (χ0n) is 10.9. The number of phenols is 1. The maximum atomic E-state index is 12.4. The van der Waals surface area contributed by atoms with Crippen molar-refractivity contribution in [2.24, 2.45) is 5.41 Å². The lowest BCUT2D eigenvalue weighted by atomic mass is 9.83. The predicted octanol–water partition coefficient (Wildman–Crippen LogP) is 2.03. The molecule has 1 amide bonds. The lowest BCUT2D eigenvalue weighted by Crippen LogP contribution is -2.37. The highest BCUT2D eigenvalue weighted by molar-refractivity contribution is 5.96. The molecule has 1 aromatic carbocycles. The highest BCUT2D eigenvalue weighted by Crippen LogP contribution is 2.31. The number of aromatic hydroxyl groups is 1. The molecule has 1 fully saturated rings. The minimum Gasteiger partial charge on any atom is -0.508 e. The highest BCUT2D eigenvalue weighted by atomic mass is 16.3. The van der Waals surface area contributed by atoms with Crippen LogP contribution in [0, 0.1) is 12.3 Å². The van der Waals surface area contributed by atoms with Crippen molar-refractivity contribution in [2.75, 3.05) is 18.4 Å². The molecule has 1 unspecified atom stereocenters. The van der Waals surface area contributed by atoms with Crippen LogP contribution in [-0.2, 0) is 4.79 Å². The molecule has 3 N–H and O–H groups in total. The lowest BCUT2D eigenvalue weighted by Gasteiger charge is -2.25. The molecular weight excluding hydrogens is 228 g/mol. The highest BCUT2D eigenvalue weighted by Gasteiger charge is 2.39. The smallest absolute Gasteiger partial charge is 0.231 e. The number of rotatable bonds is 3. The average Bonchev–Trinajstić information content (AvgIpc) is 2.82. The fourth-order valence-electron chi connectivity index (χ4n) is 2.44. The van der Waals surface area contributed by atoms with Crippen LogP contribution < -0.4 is 10.6 Å². The normalized spacial score (nSPS) is 23.0. The van der Waals surface area contributed by atoms with Crippen molar-refractivity contribution < 1.29 is 9.90 Å². The van der Waals surface area contributed by atoms with Crippen molar-refractivity contribution in [3.8, 4) is 5.75 Å². The quantitative estimate of drug-likeness (QED) is 0.717. The molecule has 0 aromatic heterocycles. The van der Waals surface area contributed by atoms with Gasteiger partial charge >= 0.3 is 0 Å². The molecule has 1 aliphatic rings. The van der Waals surface area contributed by atoms with E-state index in [0.717, 1.165) is 37.2 Å². The Kier molecular flexibility index (Phi) is 3.57. The molecule has 1 atom stereocenters. The van der Waals surface area contributed by atoms with Gasteiger partial charge in [0.05, 0.1) is 5.41 Å². The number of nitrogens with one attached hydrogen (secondary N) is 2. The van der Waals surface area contributed by atoms with Crippen molar-refractivity contribution in [3.05, 3.63) is 23.8 Å². The van der Waals surface area contributed by atoms with E-state index in [4.69, 9.17) is 0 Å². The molecule has 4 heteroatoms. The summed E-state index contributed by atoms with van der Waals surface area (Å²) in [5, 5.41) is 15.6. The fourth-order valence-corrected chi connectivity index (χ4v) is 2.44. The van der Waals surface area contributed by atoms with Gasteiger partial charge in [-0.2, -0.15) is 0 Å². The number of hydrogen-bond acceptors (Lipinski definition) is 3. The van der Waals surface area contributed by atoms with Crippen LogP contribution in [0.5, 0.6) is 5.75 Å². The summed E-state index contributed by atoms with van der Waals surface area (Å²) in [5.74, 6) is 0.294. The first kappa shape index (κ1) is 12.9. The molecule has 1 saturated heterocycles. The molecule has 0 spiro atoms. The van der Waals surface area contributed by atoms with Gasteiger partial charge in [-0.3, -0.25) is 4.79 Å². The van der Waals surface area contributed by atoms with E-state index in [-0.39, 0.29) is 17.1 Å². The SMILES string of the molecule is CCC1(C(=O)Nc2ccc(O)cc2C)CCNC1. The van der Waals surface area contributed by atoms with E-state index >= 15 is 0 Å². The number of phenolic OH excluding ortho intramolecular Hbond substituents is 1. The molecule has 0 radical (unpaired) electrons. The zero-order chi connectivity index (χ0) is 13.2. The van der Waals surface area contributed by atoms with Gasteiger partial charge in [0, 0.05) is 12.2 Å². The van der Waals surface area contributed by atoms with Gasteiger partial charge in [0.25, 0.3) is 0 Å². The topological polar surface area (TPSA) is 61.4 Å². The van der Waals surface area contributed by atoms with Crippen molar-refractivity contribution in [1.82, 2.24) is 5.32 Å². The number of anilines is 1. The third kappa shape index (κ3) is 2.34. The lowest BCUT2D eigenvalue weighted by molar-refractivity contribution is -0.124. The number of hydrogen-bond donors (Lipinski definition) is 3. The van der Waals surface area contributed by atoms with Crippen LogP contribution in [0.2, 0.25) is 0 Å². The van der Waals surface area contributed by atoms with E-state index in [2.05, 4.69) is 17.6 Å². The standard InChI is InChI=1S/C14H20N2O2/c1-3-14(6-7-15-9-14)13(18)16-12-5-4-11(17)8-10(12)2/h4-5,8,15,17H,3,6-7,9H2,1-2H3,(H,16,18). The fraction of sp³-hybridized carbons (Fsp3) is 0.500. The summed E-state index contributed by atoms with van der Waals surface area (Å²) in [6, 6.07) is 4.99. The Balaban J connectivity index is 2.15. The van der Waals surface area contributed by atoms with Crippen LogP contribution in [-0.4, -0.2) is 24.1 Å². The Labute approximate surface area is 107 Å². The van der Waals surface area contributed by atoms with Crippen molar-refractivity contribution in [1.29, 1.82) is 0 Å². The number of carbonyl (C=O) groups excluding carboxylic acids is 1. The van der Waals surface area contributed by atoms with Crippen LogP contribution in [0.3, 0.4) is 0 Å². The van der Waals surface area contributed by atoms with E-state index in [9.17, 15) is 9.90 Å². The molecule has 4 nitrogen and oxygen atoms in total. The summed E-state index contributed by atoms with van der Waals surface area (Å²) in [4.78, 5) is 12.4. The van der Waals surface area contributed by atoms with E-state index in [1.54, 1.807) is 18.2 Å². The Morgan fingerprint density at radius 2 is 2.33 bits per heavy atom. The van der Waals surface area contributed by atoms with Crippen molar-refractivity contribution in [3.63, 3.8) is 0 Å². The van der Waals surface area contributed by atoms with Crippen LogP contribution in [0.1, 0.15) is 25.3 Å². The Bertz CT molecular complexity index is 451. The van der Waals surface area contributed by atoms with Crippen LogP contribution >= 0.6 is 0 Å². The molecule has 0 saturated carbocycles. The average molecular weight is 248 g/mol. The van der Waals surface area contributed by atoms with Gasteiger partial charge in [0.15, 0.2) is 0 Å². The molecule has 0 bridgehead atoms. The van der Waals surface area contributed by atoms with E-state index < -0.39 is 0 Å². The molecule has 1 aromatic rings. The maximum absolute atomic E-state index is 12.4. The van der Waals surface area contributed by atoms with E-state index in [1.165, 1.54) is 0 Å². The molecule has 1 heterocycles. The first-order valence-electron chi connectivity index (χ1n) is 6.39. The monoisotopic (exact) mass is 248 g/mol. The first-order chi connectivity index (χ1) is 8.57. The van der Waals surface area contributed by atoms with Gasteiger partial charge in [0.1, 0.15) is 5.75 Å². The first-order valence-corrected chi connectivity index (χ1v) is 6.39. The van der Waals surface area contributed by atoms with Crippen LogP contribution in [0.25, 0.3) is 0 Å². The Hall–Kier alpha value is -1.55. The molecular formula is C14H20N2O2. The second-order valence-electron chi connectivity index (χ2n) is 5.01. The van der Waals surface area contributed by atoms with Gasteiger partial charge in [0.2, 0.25) is 5.91 Å². The summed E-state index contributed by atoms with van der Waals surface area (Å²) < 4.78 is 0. The van der Waals surface area contributed by atoms with Crippen molar-refractivity contribution in [2.45, 2.75) is 26.7 Å². The summed E-state index contributed by atoms with van der Waals surface area (Å²) >= 11 is 0. The summed E-state index contributed by atoms with van der Waals surface area (Å²) in [7, 11) is 0. The van der Waals surface area contributed by atoms with E-state index in [1.807, 2.05) is 6.92 Å². The van der Waals surface area contributed by atoms with Gasteiger partial charge in [-0.1, -0.05) is 6.92 Å². The second kappa shape index (κ2) is 4.98. The predicted molar refractivity (Wildman–Crippen MR) is 71.7 cm³/mol. The largest absolute Gasteiger partial charge is 0.508 e. The molecule has 98 valence electrons. The summed E-state index contributed by atoms with van der Waals surface area (Å²) in [5.41, 5.74) is 1.36. The van der Waals surface area contributed by atoms with E-state index in [0.29, 0.717) is 0 Å². The summed E-state index contributed by atoms with van der Waals surface area (Å²) in [6.45, 7) is 5.57. The van der Waals surface area contributed by atoms with Gasteiger partial charge < -0.3 is 15.7 Å². The molecule has 0 aliphatic carbocycles. The van der Waals surface area contributed by atoms with Crippen molar-refractivity contribution >= 4 is 11.6 Å². The number of amides is 1. The maximum Gasteiger partial charge on any atom is 0.231 e. The number of aryl methyl sites for hydroxylation is 1. The third-order valence-electron chi connectivity index (χ3n) is 3.86. The Morgan fingerprint density at radius 1 is 1.56 bits per heavy atom. The van der Waals surface area contributed by atoms with Gasteiger partial charge in [-0.25, -0.2) is 0 Å². The molecule has 2 rings (SSSR count). The van der Waals surface area contributed by atoms with Crippen LogP contribution in [0.4, 0.5) is 5.69 Å². The molecule has 1 aliphatic heterocycles. The third-order valence-corrected chi connectivity index (χ3v) is 3.86. The Morgan fingerprint density at radius 3 is 2.89 bits per heavy atom. The zero-order valence-corrected chi connectivity index (χ0v) is 10.9. The van der Waals surface area contributed by atoms with Crippen LogP contribution in [0.15, 0.2) is 18.2 Å². The number of carbonyl (C=O) groups is 1. The molecule has 18 heavy (non-hydrogen) atoms. The summed E-state index contributed by atoms with van der Waals surface area (Å²) in [6.07, 6.45) is 1.72. The minimum absolute atomic E-state index is 0.0730. The number of benzene rings is 1. The van der Waals surface area contributed by atoms with Gasteiger partial charge in [-0.15, -0.1) is 0 Å². The minimum atomic E-state index is -0.287.